The highest BCUT2D eigenvalue weighted by Crippen LogP contribution is 2.23. The van der Waals surface area contributed by atoms with Gasteiger partial charge >= 0.3 is 0 Å². The molecule has 0 bridgehead atoms. The van der Waals surface area contributed by atoms with E-state index in [1.165, 1.54) is 0 Å². The van der Waals surface area contributed by atoms with Crippen molar-refractivity contribution in [1.29, 1.82) is 0 Å². The lowest BCUT2D eigenvalue weighted by Gasteiger charge is -2.13. The fourth-order valence-corrected chi connectivity index (χ4v) is 1.89. The zero-order valence-electron chi connectivity index (χ0n) is 8.85. The van der Waals surface area contributed by atoms with Crippen molar-refractivity contribution in [1.82, 2.24) is 4.98 Å². The number of carbonyl (C=O) groups is 1. The Bertz CT molecular complexity index is 331. The second-order valence-electron chi connectivity index (χ2n) is 3.94. The lowest BCUT2D eigenvalue weighted by Crippen LogP contribution is -2.21. The Balaban J connectivity index is 2.07. The van der Waals surface area contributed by atoms with Gasteiger partial charge in [-0.1, -0.05) is 6.07 Å². The zero-order chi connectivity index (χ0) is 10.7. The average molecular weight is 205 g/mol. The van der Waals surface area contributed by atoms with Crippen LogP contribution in [0.25, 0.3) is 0 Å². The lowest BCUT2D eigenvalue weighted by atomic mass is 9.91. The summed E-state index contributed by atoms with van der Waals surface area (Å²) < 4.78 is 5.22. The molecule has 1 fully saturated rings. The first-order chi connectivity index (χ1) is 7.29. The summed E-state index contributed by atoms with van der Waals surface area (Å²) >= 11 is 0. The Hall–Kier alpha value is -1.22. The van der Waals surface area contributed by atoms with Crippen LogP contribution in [0, 0.1) is 5.92 Å². The highest BCUT2D eigenvalue weighted by Gasteiger charge is 2.28. The number of Topliss-reactive ketones (excluding diaryl/α,β-unsaturated/α-hetero) is 1. The molecule has 80 valence electrons. The smallest absolute Gasteiger partial charge is 0.147 e. The lowest BCUT2D eigenvalue weighted by molar-refractivity contribution is -0.124. The van der Waals surface area contributed by atoms with Crippen LogP contribution in [-0.4, -0.2) is 24.0 Å². The van der Waals surface area contributed by atoms with Gasteiger partial charge < -0.3 is 4.74 Å². The van der Waals surface area contributed by atoms with Crippen LogP contribution < -0.4 is 0 Å². The van der Waals surface area contributed by atoms with Crippen LogP contribution in [0.2, 0.25) is 0 Å². The molecule has 0 saturated carbocycles. The van der Waals surface area contributed by atoms with E-state index in [4.69, 9.17) is 4.74 Å². The number of hydrogen-bond donors (Lipinski definition) is 0. The molecule has 1 saturated heterocycles. The second kappa shape index (κ2) is 4.53. The maximum Gasteiger partial charge on any atom is 0.147 e. The Morgan fingerprint density at radius 2 is 2.47 bits per heavy atom. The third kappa shape index (κ3) is 2.23. The van der Waals surface area contributed by atoms with E-state index in [1.807, 2.05) is 25.1 Å². The van der Waals surface area contributed by atoms with Crippen LogP contribution in [0.15, 0.2) is 24.4 Å². The van der Waals surface area contributed by atoms with Crippen molar-refractivity contribution in [2.75, 3.05) is 13.2 Å². The van der Waals surface area contributed by atoms with Gasteiger partial charge in [-0.05, 0) is 25.5 Å². The fourth-order valence-electron chi connectivity index (χ4n) is 1.89. The molecule has 0 spiro atoms. The molecule has 0 aromatic carbocycles. The maximum atomic E-state index is 12.0. The van der Waals surface area contributed by atoms with Gasteiger partial charge in [0.2, 0.25) is 0 Å². The van der Waals surface area contributed by atoms with Gasteiger partial charge in [0, 0.05) is 18.7 Å². The summed E-state index contributed by atoms with van der Waals surface area (Å²) in [7, 11) is 0. The number of aromatic nitrogens is 1. The van der Waals surface area contributed by atoms with Crippen molar-refractivity contribution in [2.24, 2.45) is 5.92 Å². The molecule has 0 N–H and O–H groups in total. The van der Waals surface area contributed by atoms with E-state index in [0.717, 1.165) is 12.1 Å². The molecule has 2 atom stereocenters. The van der Waals surface area contributed by atoms with Gasteiger partial charge in [-0.15, -0.1) is 0 Å². The van der Waals surface area contributed by atoms with Crippen LogP contribution in [0.1, 0.15) is 25.0 Å². The molecule has 1 aromatic heterocycles. The molecule has 0 radical (unpaired) electrons. The van der Waals surface area contributed by atoms with Gasteiger partial charge in [0.05, 0.1) is 18.2 Å². The topological polar surface area (TPSA) is 39.2 Å². The number of carbonyl (C=O) groups excluding carboxylic acids is 1. The summed E-state index contributed by atoms with van der Waals surface area (Å²) in [5, 5.41) is 0. The molecule has 3 nitrogen and oxygen atoms in total. The second-order valence-corrected chi connectivity index (χ2v) is 3.94. The molecular formula is C12H15NO2. The number of pyridine rings is 1. The van der Waals surface area contributed by atoms with E-state index in [2.05, 4.69) is 4.98 Å². The van der Waals surface area contributed by atoms with Crippen molar-refractivity contribution in [3.63, 3.8) is 0 Å². The minimum atomic E-state index is -0.113. The average Bonchev–Trinajstić information content (AvgIpc) is 2.82. The van der Waals surface area contributed by atoms with Crippen LogP contribution in [0.5, 0.6) is 0 Å². The molecule has 1 aliphatic heterocycles. The number of hydrogen-bond acceptors (Lipinski definition) is 3. The number of ether oxygens (including phenoxy) is 1. The molecule has 15 heavy (non-hydrogen) atoms. The molecule has 0 amide bonds. The van der Waals surface area contributed by atoms with Crippen LogP contribution in [0.4, 0.5) is 0 Å². The summed E-state index contributed by atoms with van der Waals surface area (Å²) in [5.41, 5.74) is 0.856. The van der Waals surface area contributed by atoms with Gasteiger partial charge in [-0.3, -0.25) is 9.78 Å². The van der Waals surface area contributed by atoms with E-state index in [9.17, 15) is 4.79 Å². The predicted octanol–water partition coefficient (Wildman–Crippen LogP) is 1.79. The fraction of sp³-hybridized carbons (Fsp3) is 0.500. The van der Waals surface area contributed by atoms with Gasteiger partial charge in [0.25, 0.3) is 0 Å². The van der Waals surface area contributed by atoms with Gasteiger partial charge in [-0.25, -0.2) is 0 Å². The zero-order valence-corrected chi connectivity index (χ0v) is 8.85. The predicted molar refractivity (Wildman–Crippen MR) is 56.6 cm³/mol. The summed E-state index contributed by atoms with van der Waals surface area (Å²) in [6.07, 6.45) is 2.58. The normalized spacial score (nSPS) is 22.6. The van der Waals surface area contributed by atoms with E-state index in [1.54, 1.807) is 6.20 Å². The first kappa shape index (κ1) is 10.3. The van der Waals surface area contributed by atoms with E-state index in [0.29, 0.717) is 13.2 Å². The third-order valence-corrected chi connectivity index (χ3v) is 2.89. The number of rotatable bonds is 3. The van der Waals surface area contributed by atoms with Gasteiger partial charge in [0.1, 0.15) is 5.78 Å². The number of ketones is 1. The largest absolute Gasteiger partial charge is 0.381 e. The Labute approximate surface area is 89.5 Å². The monoisotopic (exact) mass is 205 g/mol. The molecule has 2 heterocycles. The summed E-state index contributed by atoms with van der Waals surface area (Å²) in [4.78, 5) is 16.2. The highest BCUT2D eigenvalue weighted by molar-refractivity contribution is 5.87. The van der Waals surface area contributed by atoms with Crippen molar-refractivity contribution < 1.29 is 9.53 Å². The molecule has 0 aliphatic carbocycles. The molecule has 1 aromatic rings. The molecule has 3 heteroatoms. The SMILES string of the molecule is CC(C(=O)C1CCOC1)c1ccccn1. The standard InChI is InChI=1S/C12H15NO2/c1-9(11-4-2-3-6-13-11)12(14)10-5-7-15-8-10/h2-4,6,9-10H,5,7-8H2,1H3. The quantitative estimate of drug-likeness (QED) is 0.755. The van der Waals surface area contributed by atoms with Crippen molar-refractivity contribution in [3.8, 4) is 0 Å². The Morgan fingerprint density at radius 3 is 3.07 bits per heavy atom. The minimum Gasteiger partial charge on any atom is -0.381 e. The Kier molecular flexibility index (Phi) is 3.11. The Morgan fingerprint density at radius 1 is 1.60 bits per heavy atom. The minimum absolute atomic E-state index is 0.0713. The van der Waals surface area contributed by atoms with E-state index < -0.39 is 0 Å². The summed E-state index contributed by atoms with van der Waals surface area (Å²) in [5.74, 6) is 0.214. The molecular weight excluding hydrogens is 190 g/mol. The van der Waals surface area contributed by atoms with Crippen molar-refractivity contribution >= 4 is 5.78 Å². The molecule has 2 rings (SSSR count). The molecule has 2 unspecified atom stereocenters. The third-order valence-electron chi connectivity index (χ3n) is 2.89. The van der Waals surface area contributed by atoms with E-state index >= 15 is 0 Å². The molecule has 1 aliphatic rings. The van der Waals surface area contributed by atoms with Gasteiger partial charge in [-0.2, -0.15) is 0 Å². The van der Waals surface area contributed by atoms with E-state index in [-0.39, 0.29) is 17.6 Å². The van der Waals surface area contributed by atoms with Crippen molar-refractivity contribution in [2.45, 2.75) is 19.3 Å². The first-order valence-corrected chi connectivity index (χ1v) is 5.31. The summed E-state index contributed by atoms with van der Waals surface area (Å²) in [6, 6.07) is 5.68. The first-order valence-electron chi connectivity index (χ1n) is 5.31. The van der Waals surface area contributed by atoms with Crippen LogP contribution >= 0.6 is 0 Å². The number of nitrogens with zero attached hydrogens (tertiary/aromatic N) is 1. The van der Waals surface area contributed by atoms with Gasteiger partial charge in [0.15, 0.2) is 0 Å². The summed E-state index contributed by atoms with van der Waals surface area (Å²) in [6.45, 7) is 3.21. The van der Waals surface area contributed by atoms with Crippen LogP contribution in [0.3, 0.4) is 0 Å². The highest BCUT2D eigenvalue weighted by atomic mass is 16.5. The maximum absolute atomic E-state index is 12.0. The van der Waals surface area contributed by atoms with Crippen molar-refractivity contribution in [3.05, 3.63) is 30.1 Å². The van der Waals surface area contributed by atoms with Crippen LogP contribution in [-0.2, 0) is 9.53 Å².